The van der Waals surface area contributed by atoms with Crippen LogP contribution in [0.3, 0.4) is 0 Å². The van der Waals surface area contributed by atoms with Crippen molar-refractivity contribution in [2.75, 3.05) is 0 Å². The molecular weight excluding hydrogens is 508 g/mol. The molecule has 0 aliphatic heterocycles. The third-order valence-corrected chi connectivity index (χ3v) is 8.24. The van der Waals surface area contributed by atoms with Crippen LogP contribution in [0.25, 0.3) is 0 Å². The van der Waals surface area contributed by atoms with Gasteiger partial charge in [0, 0.05) is 12.8 Å². The SMILES string of the molecule is CCCCCCCC/C=C\CCCCCCCCCCCC(=O)OC(CCCCCCCCC)CCCCC(=O)O. The van der Waals surface area contributed by atoms with Gasteiger partial charge in [-0.25, -0.2) is 0 Å². The Bertz CT molecular complexity index is 585. The summed E-state index contributed by atoms with van der Waals surface area (Å²) >= 11 is 0. The van der Waals surface area contributed by atoms with Crippen LogP contribution in [0.2, 0.25) is 0 Å². The van der Waals surface area contributed by atoms with Crippen molar-refractivity contribution in [1.29, 1.82) is 0 Å². The molecule has 1 N–H and O–H groups in total. The van der Waals surface area contributed by atoms with E-state index in [1.807, 2.05) is 0 Å². The van der Waals surface area contributed by atoms with Gasteiger partial charge in [-0.2, -0.15) is 0 Å². The number of hydrogen-bond donors (Lipinski definition) is 1. The van der Waals surface area contributed by atoms with Crippen molar-refractivity contribution < 1.29 is 19.4 Å². The first-order valence-electron chi connectivity index (χ1n) is 18.2. The van der Waals surface area contributed by atoms with Gasteiger partial charge in [-0.05, 0) is 64.2 Å². The lowest BCUT2D eigenvalue weighted by Gasteiger charge is -2.18. The molecule has 0 aromatic carbocycles. The number of carbonyl (C=O) groups excluding carboxylic acids is 1. The van der Waals surface area contributed by atoms with Crippen LogP contribution in [0, 0.1) is 0 Å². The van der Waals surface area contributed by atoms with Crippen LogP contribution in [0.5, 0.6) is 0 Å². The molecule has 41 heavy (non-hydrogen) atoms. The molecule has 1 unspecified atom stereocenters. The van der Waals surface area contributed by atoms with Crippen molar-refractivity contribution in [1.82, 2.24) is 0 Å². The third kappa shape index (κ3) is 33.1. The summed E-state index contributed by atoms with van der Waals surface area (Å²) in [5.41, 5.74) is 0. The highest BCUT2D eigenvalue weighted by molar-refractivity contribution is 5.69. The largest absolute Gasteiger partial charge is 0.481 e. The van der Waals surface area contributed by atoms with Gasteiger partial charge in [-0.1, -0.05) is 142 Å². The molecule has 0 aliphatic rings. The summed E-state index contributed by atoms with van der Waals surface area (Å²) in [4.78, 5) is 23.3. The molecule has 4 nitrogen and oxygen atoms in total. The maximum atomic E-state index is 12.5. The monoisotopic (exact) mass is 579 g/mol. The first kappa shape index (κ1) is 39.7. The molecule has 0 aliphatic carbocycles. The van der Waals surface area contributed by atoms with E-state index in [0.717, 1.165) is 38.5 Å². The molecule has 0 radical (unpaired) electrons. The van der Waals surface area contributed by atoms with Crippen molar-refractivity contribution >= 4 is 11.9 Å². The van der Waals surface area contributed by atoms with Crippen LogP contribution in [-0.4, -0.2) is 23.1 Å². The molecule has 0 rings (SSSR count). The standard InChI is InChI=1S/C37H70O4/c1-3-5-7-9-11-12-13-14-15-16-17-18-19-20-21-22-24-26-28-34-37(40)41-35(32-29-30-33-36(38)39)31-27-25-23-10-8-6-4-2/h14-15,35H,3-13,16-34H2,1-2H3,(H,38,39)/b15-14-. The minimum atomic E-state index is -0.743. The number of allylic oxidation sites excluding steroid dienone is 2. The van der Waals surface area contributed by atoms with Gasteiger partial charge < -0.3 is 9.84 Å². The van der Waals surface area contributed by atoms with Gasteiger partial charge in [-0.15, -0.1) is 0 Å². The van der Waals surface area contributed by atoms with Gasteiger partial charge in [0.25, 0.3) is 0 Å². The number of hydrogen-bond acceptors (Lipinski definition) is 3. The van der Waals surface area contributed by atoms with Gasteiger partial charge in [-0.3, -0.25) is 9.59 Å². The van der Waals surface area contributed by atoms with E-state index in [0.29, 0.717) is 12.8 Å². The van der Waals surface area contributed by atoms with Crippen LogP contribution < -0.4 is 0 Å². The summed E-state index contributed by atoms with van der Waals surface area (Å²) in [5, 5.41) is 8.88. The predicted octanol–water partition coefficient (Wildman–Crippen LogP) is 12.3. The lowest BCUT2D eigenvalue weighted by atomic mass is 10.0. The topological polar surface area (TPSA) is 63.6 Å². The van der Waals surface area contributed by atoms with Crippen LogP contribution >= 0.6 is 0 Å². The Morgan fingerprint density at radius 3 is 1.34 bits per heavy atom. The van der Waals surface area contributed by atoms with Gasteiger partial charge in [0.1, 0.15) is 6.10 Å². The van der Waals surface area contributed by atoms with E-state index in [1.54, 1.807) is 0 Å². The molecule has 0 saturated carbocycles. The molecule has 0 fully saturated rings. The van der Waals surface area contributed by atoms with Crippen LogP contribution in [0.4, 0.5) is 0 Å². The summed E-state index contributed by atoms with van der Waals surface area (Å²) < 4.78 is 5.85. The van der Waals surface area contributed by atoms with Crippen molar-refractivity contribution in [2.24, 2.45) is 0 Å². The van der Waals surface area contributed by atoms with E-state index in [1.165, 1.54) is 135 Å². The van der Waals surface area contributed by atoms with E-state index in [4.69, 9.17) is 9.84 Å². The molecular formula is C37H70O4. The second-order valence-corrected chi connectivity index (χ2v) is 12.4. The fourth-order valence-corrected chi connectivity index (χ4v) is 5.53. The zero-order valence-electron chi connectivity index (χ0n) is 27.6. The number of carboxylic acids is 1. The van der Waals surface area contributed by atoms with Crippen molar-refractivity contribution in [2.45, 2.75) is 213 Å². The highest BCUT2D eigenvalue weighted by atomic mass is 16.5. The first-order valence-corrected chi connectivity index (χ1v) is 18.2. The zero-order chi connectivity index (χ0) is 30.1. The van der Waals surface area contributed by atoms with E-state index in [2.05, 4.69) is 26.0 Å². The van der Waals surface area contributed by atoms with Crippen molar-refractivity contribution in [3.8, 4) is 0 Å². The molecule has 0 saturated heterocycles. The zero-order valence-corrected chi connectivity index (χ0v) is 27.6. The maximum Gasteiger partial charge on any atom is 0.306 e. The second-order valence-electron chi connectivity index (χ2n) is 12.4. The van der Waals surface area contributed by atoms with Gasteiger partial charge >= 0.3 is 11.9 Å². The fourth-order valence-electron chi connectivity index (χ4n) is 5.53. The molecule has 4 heteroatoms. The molecule has 0 heterocycles. The molecule has 0 bridgehead atoms. The molecule has 1 atom stereocenters. The van der Waals surface area contributed by atoms with E-state index >= 15 is 0 Å². The number of ether oxygens (including phenoxy) is 1. The van der Waals surface area contributed by atoms with Gasteiger partial charge in [0.2, 0.25) is 0 Å². The molecule has 0 amide bonds. The summed E-state index contributed by atoms with van der Waals surface area (Å²) in [6.45, 7) is 4.52. The summed E-state index contributed by atoms with van der Waals surface area (Å²) in [5.74, 6) is -0.801. The Kier molecular flexibility index (Phi) is 32.1. The van der Waals surface area contributed by atoms with Gasteiger partial charge in [0.05, 0.1) is 0 Å². The van der Waals surface area contributed by atoms with Crippen LogP contribution in [-0.2, 0) is 14.3 Å². The second kappa shape index (κ2) is 33.2. The van der Waals surface area contributed by atoms with E-state index in [-0.39, 0.29) is 18.5 Å². The number of carboxylic acid groups (broad SMARTS) is 1. The normalized spacial score (nSPS) is 12.2. The third-order valence-electron chi connectivity index (χ3n) is 8.24. The van der Waals surface area contributed by atoms with E-state index < -0.39 is 5.97 Å². The molecule has 0 aromatic heterocycles. The quantitative estimate of drug-likeness (QED) is 0.0478. The molecule has 0 spiro atoms. The highest BCUT2D eigenvalue weighted by Crippen LogP contribution is 2.18. The van der Waals surface area contributed by atoms with Crippen molar-refractivity contribution in [3.63, 3.8) is 0 Å². The minimum absolute atomic E-state index is 0.0391. The predicted molar refractivity (Wildman–Crippen MR) is 177 cm³/mol. The lowest BCUT2D eigenvalue weighted by Crippen LogP contribution is -2.18. The Morgan fingerprint density at radius 1 is 0.512 bits per heavy atom. The van der Waals surface area contributed by atoms with Crippen molar-refractivity contribution in [3.05, 3.63) is 12.2 Å². The first-order chi connectivity index (χ1) is 20.1. The van der Waals surface area contributed by atoms with Crippen LogP contribution in [0.1, 0.15) is 206 Å². The minimum Gasteiger partial charge on any atom is -0.481 e. The summed E-state index contributed by atoms with van der Waals surface area (Å²) in [7, 11) is 0. The number of esters is 1. The summed E-state index contributed by atoms with van der Waals surface area (Å²) in [6.07, 6.45) is 39.5. The number of unbranched alkanes of at least 4 members (excludes halogenated alkanes) is 22. The Balaban J connectivity index is 3.73. The summed E-state index contributed by atoms with van der Waals surface area (Å²) in [6, 6.07) is 0. The lowest BCUT2D eigenvalue weighted by molar-refractivity contribution is -0.150. The Labute approximate surface area is 255 Å². The fraction of sp³-hybridized carbons (Fsp3) is 0.892. The number of aliphatic carboxylic acids is 1. The number of rotatable bonds is 33. The molecule has 0 aromatic rings. The van der Waals surface area contributed by atoms with E-state index in [9.17, 15) is 9.59 Å². The van der Waals surface area contributed by atoms with Crippen LogP contribution in [0.15, 0.2) is 12.2 Å². The average Bonchev–Trinajstić information content (AvgIpc) is 2.95. The number of carbonyl (C=O) groups is 2. The average molecular weight is 579 g/mol. The van der Waals surface area contributed by atoms with Gasteiger partial charge in [0.15, 0.2) is 0 Å². The Hall–Kier alpha value is -1.32. The molecule has 242 valence electrons. The maximum absolute atomic E-state index is 12.5. The smallest absolute Gasteiger partial charge is 0.306 e. The highest BCUT2D eigenvalue weighted by Gasteiger charge is 2.14. The Morgan fingerprint density at radius 2 is 0.878 bits per heavy atom.